The van der Waals surface area contributed by atoms with Gasteiger partial charge in [-0.2, -0.15) is 5.26 Å². The highest BCUT2D eigenvalue weighted by Crippen LogP contribution is 2.08. The summed E-state index contributed by atoms with van der Waals surface area (Å²) < 4.78 is 0. The minimum absolute atomic E-state index is 0.229. The van der Waals surface area contributed by atoms with E-state index in [4.69, 9.17) is 5.26 Å². The van der Waals surface area contributed by atoms with Crippen molar-refractivity contribution in [2.45, 2.75) is 19.4 Å². The number of carbonyl (C=O) groups is 1. The number of aromatic amines is 1. The van der Waals surface area contributed by atoms with E-state index in [-0.39, 0.29) is 12.5 Å². The Hall–Kier alpha value is -1.80. The molecule has 0 spiro atoms. The lowest BCUT2D eigenvalue weighted by atomic mass is 10.1. The van der Waals surface area contributed by atoms with Gasteiger partial charge >= 0.3 is 0 Å². The molecule has 0 radical (unpaired) electrons. The molecule has 0 aromatic carbocycles. The van der Waals surface area contributed by atoms with Crippen molar-refractivity contribution in [3.8, 4) is 6.07 Å². The number of rotatable bonds is 3. The number of nitrogens with zero attached hydrogens (tertiary/aromatic N) is 2. The molecule has 1 aromatic rings. The maximum absolute atomic E-state index is 11.8. The van der Waals surface area contributed by atoms with Gasteiger partial charge in [0.1, 0.15) is 17.5 Å². The van der Waals surface area contributed by atoms with Crippen molar-refractivity contribution in [3.63, 3.8) is 0 Å². The third kappa shape index (κ3) is 3.11. The SMILES string of the molecule is CN(CC(C)(C)O)C(=O)c1ccc(C#N)[nH]1. The molecule has 5 heteroatoms. The van der Waals surface area contributed by atoms with Crippen molar-refractivity contribution in [2.24, 2.45) is 0 Å². The molecule has 0 aliphatic carbocycles. The number of nitrogens with one attached hydrogen (secondary N) is 1. The molecule has 0 aliphatic rings. The highest BCUT2D eigenvalue weighted by molar-refractivity contribution is 5.92. The van der Waals surface area contributed by atoms with Gasteiger partial charge in [0.2, 0.25) is 0 Å². The zero-order valence-corrected chi connectivity index (χ0v) is 9.61. The van der Waals surface area contributed by atoms with Crippen LogP contribution in [-0.2, 0) is 0 Å². The number of amides is 1. The van der Waals surface area contributed by atoms with Crippen LogP contribution in [0, 0.1) is 11.3 Å². The summed E-state index contributed by atoms with van der Waals surface area (Å²) in [6.07, 6.45) is 0. The second-order valence-electron chi connectivity index (χ2n) is 4.37. The molecule has 2 N–H and O–H groups in total. The Balaban J connectivity index is 2.75. The van der Waals surface area contributed by atoms with Gasteiger partial charge in [-0.1, -0.05) is 0 Å². The zero-order valence-electron chi connectivity index (χ0n) is 9.61. The predicted octanol–water partition coefficient (Wildman–Crippen LogP) is 0.729. The van der Waals surface area contributed by atoms with Crippen LogP contribution in [0.3, 0.4) is 0 Å². The van der Waals surface area contributed by atoms with Crippen molar-refractivity contribution in [2.75, 3.05) is 13.6 Å². The summed E-state index contributed by atoms with van der Waals surface area (Å²) in [5, 5.41) is 18.2. The summed E-state index contributed by atoms with van der Waals surface area (Å²) in [5.74, 6) is -0.247. The van der Waals surface area contributed by atoms with Crippen LogP contribution < -0.4 is 0 Å². The molecule has 0 saturated carbocycles. The lowest BCUT2D eigenvalue weighted by Gasteiger charge is -2.25. The average molecular weight is 221 g/mol. The number of hydrogen-bond donors (Lipinski definition) is 2. The Labute approximate surface area is 94.3 Å². The Bertz CT molecular complexity index is 423. The Morgan fingerprint density at radius 2 is 2.25 bits per heavy atom. The van der Waals surface area contributed by atoms with Gasteiger partial charge in [0, 0.05) is 13.6 Å². The maximum atomic E-state index is 11.8. The molecule has 0 fully saturated rings. The molecule has 0 aliphatic heterocycles. The topological polar surface area (TPSA) is 80.1 Å². The van der Waals surface area contributed by atoms with Crippen LogP contribution in [-0.4, -0.2) is 40.1 Å². The Kier molecular flexibility index (Phi) is 3.35. The van der Waals surface area contributed by atoms with Crippen molar-refractivity contribution < 1.29 is 9.90 Å². The van der Waals surface area contributed by atoms with E-state index >= 15 is 0 Å². The first kappa shape index (κ1) is 12.3. The number of aliphatic hydroxyl groups is 1. The molecular weight excluding hydrogens is 206 g/mol. The molecular formula is C11H15N3O2. The van der Waals surface area contributed by atoms with E-state index in [1.54, 1.807) is 33.0 Å². The van der Waals surface area contributed by atoms with Gasteiger partial charge in [0.25, 0.3) is 5.91 Å². The molecule has 1 amide bonds. The third-order valence-electron chi connectivity index (χ3n) is 2.01. The summed E-state index contributed by atoms with van der Waals surface area (Å²) in [7, 11) is 1.60. The summed E-state index contributed by atoms with van der Waals surface area (Å²) in [4.78, 5) is 15.9. The molecule has 5 nitrogen and oxygen atoms in total. The molecule has 1 rings (SSSR count). The molecule has 86 valence electrons. The molecule has 1 aromatic heterocycles. The fraction of sp³-hybridized carbons (Fsp3) is 0.455. The van der Waals surface area contributed by atoms with Gasteiger partial charge in [0.15, 0.2) is 0 Å². The fourth-order valence-corrected chi connectivity index (χ4v) is 1.44. The van der Waals surface area contributed by atoms with E-state index in [0.717, 1.165) is 0 Å². The summed E-state index contributed by atoms with van der Waals surface area (Å²) in [5.41, 5.74) is -0.238. The predicted molar refractivity (Wildman–Crippen MR) is 58.8 cm³/mol. The van der Waals surface area contributed by atoms with Crippen LogP contribution in [0.4, 0.5) is 0 Å². The number of nitriles is 1. The molecule has 0 saturated heterocycles. The highest BCUT2D eigenvalue weighted by Gasteiger charge is 2.21. The normalized spacial score (nSPS) is 10.9. The van der Waals surface area contributed by atoms with Crippen LogP contribution in [0.5, 0.6) is 0 Å². The smallest absolute Gasteiger partial charge is 0.270 e. The largest absolute Gasteiger partial charge is 0.389 e. The quantitative estimate of drug-likeness (QED) is 0.789. The summed E-state index contributed by atoms with van der Waals surface area (Å²) in [6.45, 7) is 3.49. The molecule has 0 atom stereocenters. The minimum atomic E-state index is -0.935. The van der Waals surface area contributed by atoms with Gasteiger partial charge < -0.3 is 15.0 Å². The Morgan fingerprint density at radius 1 is 1.62 bits per heavy atom. The monoisotopic (exact) mass is 221 g/mol. The minimum Gasteiger partial charge on any atom is -0.389 e. The van der Waals surface area contributed by atoms with Crippen molar-refractivity contribution >= 4 is 5.91 Å². The maximum Gasteiger partial charge on any atom is 0.270 e. The molecule has 1 heterocycles. The van der Waals surface area contributed by atoms with E-state index in [1.165, 1.54) is 4.90 Å². The van der Waals surface area contributed by atoms with Gasteiger partial charge in [0.05, 0.1) is 5.60 Å². The van der Waals surface area contributed by atoms with E-state index in [9.17, 15) is 9.90 Å². The molecule has 16 heavy (non-hydrogen) atoms. The number of hydrogen-bond acceptors (Lipinski definition) is 3. The van der Waals surface area contributed by atoms with Crippen LogP contribution in [0.15, 0.2) is 12.1 Å². The molecule has 0 bridgehead atoms. The van der Waals surface area contributed by atoms with Gasteiger partial charge in [-0.3, -0.25) is 4.79 Å². The number of H-pyrrole nitrogens is 1. The average Bonchev–Trinajstić information content (AvgIpc) is 2.61. The standard InChI is InChI=1S/C11H15N3O2/c1-11(2,16)7-14(3)10(15)9-5-4-8(6-12)13-9/h4-5,13,16H,7H2,1-3H3. The fourth-order valence-electron chi connectivity index (χ4n) is 1.44. The lowest BCUT2D eigenvalue weighted by Crippen LogP contribution is -2.39. The van der Waals surface area contributed by atoms with Crippen molar-refractivity contribution in [1.82, 2.24) is 9.88 Å². The van der Waals surface area contributed by atoms with E-state index in [0.29, 0.717) is 11.4 Å². The summed E-state index contributed by atoms with van der Waals surface area (Å²) in [6, 6.07) is 5.02. The first-order chi connectivity index (χ1) is 7.33. The first-order valence-electron chi connectivity index (χ1n) is 4.90. The zero-order chi connectivity index (χ0) is 12.3. The van der Waals surface area contributed by atoms with E-state index in [1.807, 2.05) is 6.07 Å². The van der Waals surface area contributed by atoms with Gasteiger partial charge in [-0.25, -0.2) is 0 Å². The van der Waals surface area contributed by atoms with Crippen LogP contribution >= 0.6 is 0 Å². The van der Waals surface area contributed by atoms with Crippen LogP contribution in [0.2, 0.25) is 0 Å². The van der Waals surface area contributed by atoms with Crippen LogP contribution in [0.25, 0.3) is 0 Å². The number of carbonyl (C=O) groups excluding carboxylic acids is 1. The number of likely N-dealkylation sites (N-methyl/N-ethyl adjacent to an activating group) is 1. The van der Waals surface area contributed by atoms with Gasteiger partial charge in [-0.05, 0) is 26.0 Å². The van der Waals surface area contributed by atoms with E-state index in [2.05, 4.69) is 4.98 Å². The van der Waals surface area contributed by atoms with Crippen LogP contribution in [0.1, 0.15) is 30.0 Å². The third-order valence-corrected chi connectivity index (χ3v) is 2.01. The molecule has 0 unspecified atom stereocenters. The summed E-state index contributed by atoms with van der Waals surface area (Å²) >= 11 is 0. The van der Waals surface area contributed by atoms with Gasteiger partial charge in [-0.15, -0.1) is 0 Å². The highest BCUT2D eigenvalue weighted by atomic mass is 16.3. The first-order valence-corrected chi connectivity index (χ1v) is 4.90. The number of aromatic nitrogens is 1. The van der Waals surface area contributed by atoms with E-state index < -0.39 is 5.60 Å². The lowest BCUT2D eigenvalue weighted by molar-refractivity contribution is 0.0365. The van der Waals surface area contributed by atoms with Crippen molar-refractivity contribution in [3.05, 3.63) is 23.5 Å². The second-order valence-corrected chi connectivity index (χ2v) is 4.37. The second kappa shape index (κ2) is 4.37. The van der Waals surface area contributed by atoms with Crippen molar-refractivity contribution in [1.29, 1.82) is 5.26 Å². The Morgan fingerprint density at radius 3 is 2.69 bits per heavy atom.